The van der Waals surface area contributed by atoms with Crippen LogP contribution in [0.3, 0.4) is 0 Å². The summed E-state index contributed by atoms with van der Waals surface area (Å²) >= 11 is 0. The second-order valence-electron chi connectivity index (χ2n) is 3.91. The van der Waals surface area contributed by atoms with Crippen LogP contribution in [0.2, 0.25) is 0 Å². The van der Waals surface area contributed by atoms with Gasteiger partial charge in [0.1, 0.15) is 11.9 Å². The van der Waals surface area contributed by atoms with E-state index in [2.05, 4.69) is 0 Å². The molecule has 0 aliphatic carbocycles. The van der Waals surface area contributed by atoms with Crippen molar-refractivity contribution in [2.45, 2.75) is 22.9 Å². The highest BCUT2D eigenvalue weighted by Gasteiger charge is 2.71. The minimum absolute atomic E-state index is 0.102. The molecule has 6 nitrogen and oxygen atoms in total. The Morgan fingerprint density at radius 1 is 1.39 bits per heavy atom. The van der Waals surface area contributed by atoms with Crippen molar-refractivity contribution in [2.24, 2.45) is 0 Å². The maximum atomic E-state index is 12.2. The number of carboxylic acids is 1. The largest absolute Gasteiger partial charge is 0.497 e. The molecule has 0 amide bonds. The van der Waals surface area contributed by atoms with Gasteiger partial charge in [-0.3, -0.25) is 0 Å². The predicted molar refractivity (Wildman–Crippen MR) is 61.1 cm³/mol. The number of sulfone groups is 1. The smallest absolute Gasteiger partial charge is 0.355 e. The molecule has 1 N–H and O–H groups in total. The monoisotopic (exact) mass is 272 g/mol. The molecule has 2 unspecified atom stereocenters. The number of aliphatic carboxylic acids is 1. The first-order chi connectivity index (χ1) is 8.36. The van der Waals surface area contributed by atoms with Gasteiger partial charge in [0, 0.05) is 0 Å². The normalized spacial score (nSPS) is 26.7. The van der Waals surface area contributed by atoms with E-state index in [0.717, 1.165) is 0 Å². The van der Waals surface area contributed by atoms with Gasteiger partial charge in [-0.2, -0.15) is 0 Å². The lowest BCUT2D eigenvalue weighted by molar-refractivity contribution is -0.139. The van der Waals surface area contributed by atoms with Gasteiger partial charge in [-0.05, 0) is 31.2 Å². The summed E-state index contributed by atoms with van der Waals surface area (Å²) in [6, 6.07) is 5.51. The lowest BCUT2D eigenvalue weighted by Gasteiger charge is -2.09. The Bertz CT molecular complexity index is 576. The number of hydrogen-bond acceptors (Lipinski definition) is 5. The zero-order valence-corrected chi connectivity index (χ0v) is 10.6. The number of methoxy groups -OCH3 is 1. The van der Waals surface area contributed by atoms with Crippen molar-refractivity contribution in [3.63, 3.8) is 0 Å². The van der Waals surface area contributed by atoms with E-state index in [4.69, 9.17) is 14.6 Å². The molecule has 98 valence electrons. The predicted octanol–water partition coefficient (Wildman–Crippen LogP) is 0.668. The van der Waals surface area contributed by atoms with Crippen molar-refractivity contribution < 1.29 is 27.8 Å². The van der Waals surface area contributed by atoms with Gasteiger partial charge in [0.05, 0.1) is 12.0 Å². The highest BCUT2D eigenvalue weighted by Crippen LogP contribution is 2.45. The molecule has 1 aromatic carbocycles. The fourth-order valence-corrected chi connectivity index (χ4v) is 3.56. The van der Waals surface area contributed by atoms with Crippen LogP contribution in [0.15, 0.2) is 29.2 Å². The van der Waals surface area contributed by atoms with Crippen LogP contribution in [0.1, 0.15) is 6.92 Å². The number of hydrogen-bond donors (Lipinski definition) is 1. The summed E-state index contributed by atoms with van der Waals surface area (Å²) in [7, 11) is -2.63. The Labute approximate surface area is 104 Å². The van der Waals surface area contributed by atoms with Gasteiger partial charge in [0.15, 0.2) is 0 Å². The quantitative estimate of drug-likeness (QED) is 0.810. The van der Waals surface area contributed by atoms with E-state index in [1.54, 1.807) is 0 Å². The Kier molecular flexibility index (Phi) is 2.83. The molecule has 1 aliphatic rings. The fraction of sp³-hybridized carbons (Fsp3) is 0.364. The highest BCUT2D eigenvalue weighted by molar-refractivity contribution is 7.93. The third kappa shape index (κ3) is 1.58. The molecule has 0 aromatic heterocycles. The van der Waals surface area contributed by atoms with E-state index in [9.17, 15) is 13.2 Å². The van der Waals surface area contributed by atoms with Crippen LogP contribution in [0, 0.1) is 0 Å². The van der Waals surface area contributed by atoms with Crippen LogP contribution in [0.4, 0.5) is 0 Å². The zero-order valence-electron chi connectivity index (χ0n) is 9.78. The summed E-state index contributed by atoms with van der Waals surface area (Å²) in [5.74, 6) is -1.01. The molecule has 18 heavy (non-hydrogen) atoms. The topological polar surface area (TPSA) is 93.2 Å². The van der Waals surface area contributed by atoms with E-state index in [-0.39, 0.29) is 4.90 Å². The van der Waals surface area contributed by atoms with E-state index >= 15 is 0 Å². The van der Waals surface area contributed by atoms with Crippen molar-refractivity contribution in [2.75, 3.05) is 7.11 Å². The third-order valence-corrected chi connectivity index (χ3v) is 5.19. The fourth-order valence-electron chi connectivity index (χ4n) is 1.78. The van der Waals surface area contributed by atoms with Crippen LogP contribution < -0.4 is 4.74 Å². The molecule has 1 heterocycles. The average molecular weight is 272 g/mol. The summed E-state index contributed by atoms with van der Waals surface area (Å²) in [4.78, 5) is 8.86. The Morgan fingerprint density at radius 2 is 1.89 bits per heavy atom. The van der Waals surface area contributed by atoms with E-state index in [1.165, 1.54) is 38.3 Å². The van der Waals surface area contributed by atoms with Crippen molar-refractivity contribution in [3.05, 3.63) is 24.3 Å². The van der Waals surface area contributed by atoms with Gasteiger partial charge >= 0.3 is 5.97 Å². The van der Waals surface area contributed by atoms with E-state index < -0.39 is 26.8 Å². The second kappa shape index (κ2) is 3.96. The van der Waals surface area contributed by atoms with Crippen LogP contribution >= 0.6 is 0 Å². The van der Waals surface area contributed by atoms with Gasteiger partial charge in [-0.15, -0.1) is 0 Å². The van der Waals surface area contributed by atoms with Gasteiger partial charge < -0.3 is 14.6 Å². The van der Waals surface area contributed by atoms with Gasteiger partial charge in [0.25, 0.3) is 4.93 Å². The molecule has 0 saturated carbocycles. The summed E-state index contributed by atoms with van der Waals surface area (Å²) in [6.45, 7) is 1.41. The van der Waals surface area contributed by atoms with Crippen molar-refractivity contribution >= 4 is 15.8 Å². The maximum Gasteiger partial charge on any atom is 0.355 e. The Morgan fingerprint density at radius 3 is 2.22 bits per heavy atom. The van der Waals surface area contributed by atoms with Crippen LogP contribution in [-0.4, -0.2) is 37.6 Å². The molecule has 0 bridgehead atoms. The molecule has 1 saturated heterocycles. The molecule has 2 atom stereocenters. The molecule has 1 fully saturated rings. The van der Waals surface area contributed by atoms with Crippen LogP contribution in [-0.2, 0) is 19.4 Å². The first kappa shape index (κ1) is 12.8. The Hall–Kier alpha value is -1.60. The number of ether oxygens (including phenoxy) is 2. The number of benzene rings is 1. The molecule has 0 radical (unpaired) electrons. The highest BCUT2D eigenvalue weighted by atomic mass is 32.2. The van der Waals surface area contributed by atoms with Crippen molar-refractivity contribution in [1.29, 1.82) is 0 Å². The molecular formula is C11H12O6S. The summed E-state index contributed by atoms with van der Waals surface area (Å²) in [6.07, 6.45) is -0.859. The number of carboxylic acid groups (broad SMARTS) is 1. The number of carbonyl (C=O) groups is 1. The van der Waals surface area contributed by atoms with Crippen molar-refractivity contribution in [1.82, 2.24) is 0 Å². The molecule has 1 aromatic rings. The minimum Gasteiger partial charge on any atom is -0.497 e. The van der Waals surface area contributed by atoms with Gasteiger partial charge in [-0.1, -0.05) is 0 Å². The summed E-state index contributed by atoms with van der Waals surface area (Å²) < 4.78 is 34.2. The Balaban J connectivity index is 2.46. The maximum absolute atomic E-state index is 12.2. The van der Waals surface area contributed by atoms with Crippen LogP contribution in [0.25, 0.3) is 0 Å². The van der Waals surface area contributed by atoms with Gasteiger partial charge in [-0.25, -0.2) is 13.2 Å². The molecular weight excluding hydrogens is 260 g/mol. The molecule has 1 aliphatic heterocycles. The van der Waals surface area contributed by atoms with E-state index in [1.807, 2.05) is 0 Å². The SMILES string of the molecule is COc1ccc(S(=O)(=O)C2(C(=O)O)OC2C)cc1. The lowest BCUT2D eigenvalue weighted by atomic mass is 10.3. The minimum atomic E-state index is -4.08. The number of epoxide rings is 1. The lowest BCUT2D eigenvalue weighted by Crippen LogP contribution is -2.36. The molecule has 2 rings (SSSR count). The van der Waals surface area contributed by atoms with E-state index in [0.29, 0.717) is 5.75 Å². The van der Waals surface area contributed by atoms with Crippen LogP contribution in [0.5, 0.6) is 5.75 Å². The van der Waals surface area contributed by atoms with Gasteiger partial charge in [0.2, 0.25) is 9.84 Å². The number of rotatable bonds is 4. The van der Waals surface area contributed by atoms with Crippen molar-refractivity contribution in [3.8, 4) is 5.75 Å². The standard InChI is InChI=1S/C11H12O6S/c1-7-11(17-7,10(12)13)18(14,15)9-5-3-8(16-2)4-6-9/h3-7H,1-2H3,(H,12,13). The molecule has 7 heteroatoms. The summed E-state index contributed by atoms with van der Waals surface area (Å²) in [5, 5.41) is 9.04. The zero-order chi connectivity index (χ0) is 13.6. The second-order valence-corrected chi connectivity index (χ2v) is 6.00. The first-order valence-electron chi connectivity index (χ1n) is 5.16. The third-order valence-electron chi connectivity index (χ3n) is 2.90. The average Bonchev–Trinajstić information content (AvgIpc) is 3.03. The summed E-state index contributed by atoms with van der Waals surface area (Å²) in [5.41, 5.74) is 0. The first-order valence-corrected chi connectivity index (χ1v) is 6.64. The molecule has 0 spiro atoms.